The molecule has 190 valence electrons. The average Bonchev–Trinajstić information content (AvgIpc) is 3.31. The van der Waals surface area contributed by atoms with E-state index in [1.165, 1.54) is 11.3 Å². The van der Waals surface area contributed by atoms with Crippen molar-refractivity contribution in [1.29, 1.82) is 0 Å². The van der Waals surface area contributed by atoms with Gasteiger partial charge in [0.1, 0.15) is 27.5 Å². The smallest absolute Gasteiger partial charge is 0.266 e. The molecule has 0 unspecified atom stereocenters. The number of amides is 1. The van der Waals surface area contributed by atoms with Crippen molar-refractivity contribution >= 4 is 56.6 Å². The van der Waals surface area contributed by atoms with E-state index in [0.29, 0.717) is 39.5 Å². The summed E-state index contributed by atoms with van der Waals surface area (Å²) in [5.41, 5.74) is 0.673. The van der Waals surface area contributed by atoms with Gasteiger partial charge in [-0.05, 0) is 42.8 Å². The van der Waals surface area contributed by atoms with Crippen LogP contribution in [0.25, 0.3) is 10.2 Å². The Morgan fingerprint density at radius 2 is 1.80 bits per heavy atom. The molecule has 0 radical (unpaired) electrons. The highest BCUT2D eigenvalue weighted by Crippen LogP contribution is 2.40. The number of hydrogen-bond donors (Lipinski definition) is 0. The minimum absolute atomic E-state index is 0. The first-order valence-electron chi connectivity index (χ1n) is 11.1. The monoisotopic (exact) mass is 541 g/mol. The summed E-state index contributed by atoms with van der Waals surface area (Å²) >= 11 is 7.35. The van der Waals surface area contributed by atoms with E-state index < -0.39 is 0 Å². The highest BCUT2D eigenvalue weighted by molar-refractivity contribution is 7.22. The van der Waals surface area contributed by atoms with E-state index in [4.69, 9.17) is 35.5 Å². The minimum Gasteiger partial charge on any atom is -0.495 e. The quantitative estimate of drug-likeness (QED) is 0.373. The summed E-state index contributed by atoms with van der Waals surface area (Å²) in [6.07, 6.45) is 0.802. The molecular weight excluding hydrogens is 513 g/mol. The van der Waals surface area contributed by atoms with Crippen LogP contribution in [0.4, 0.5) is 5.13 Å². The van der Waals surface area contributed by atoms with Crippen molar-refractivity contribution in [2.75, 3.05) is 65.1 Å². The lowest BCUT2D eigenvalue weighted by atomic mass is 10.3. The lowest BCUT2D eigenvalue weighted by Crippen LogP contribution is -2.40. The number of halogens is 2. The van der Waals surface area contributed by atoms with Gasteiger partial charge in [-0.3, -0.25) is 14.6 Å². The molecule has 4 rings (SSSR count). The Labute approximate surface area is 220 Å². The highest BCUT2D eigenvalue weighted by atomic mass is 35.5. The van der Waals surface area contributed by atoms with Crippen molar-refractivity contribution in [3.63, 3.8) is 0 Å². The molecule has 0 N–H and O–H groups in total. The van der Waals surface area contributed by atoms with E-state index in [2.05, 4.69) is 4.90 Å². The first kappa shape index (κ1) is 27.3. The summed E-state index contributed by atoms with van der Waals surface area (Å²) in [6.45, 7) is 4.59. The summed E-state index contributed by atoms with van der Waals surface area (Å²) in [6, 6.07) is 10.6. The number of hydrogen-bond acceptors (Lipinski definition) is 8. The zero-order valence-corrected chi connectivity index (χ0v) is 22.1. The van der Waals surface area contributed by atoms with E-state index in [0.717, 1.165) is 44.0 Å². The normalized spacial score (nSPS) is 13.8. The summed E-state index contributed by atoms with van der Waals surface area (Å²) in [7, 11) is 3.22. The zero-order chi connectivity index (χ0) is 23.9. The molecule has 1 aromatic heterocycles. The lowest BCUT2D eigenvalue weighted by Gasteiger charge is -2.27. The maximum Gasteiger partial charge on any atom is 0.266 e. The lowest BCUT2D eigenvalue weighted by molar-refractivity contribution is -0.120. The van der Waals surface area contributed by atoms with Crippen LogP contribution < -0.4 is 19.1 Å². The number of carbonyl (C=O) groups is 1. The predicted molar refractivity (Wildman–Crippen MR) is 141 cm³/mol. The molecule has 0 bridgehead atoms. The SMILES string of the molecule is COc1ccc(OC)c2sc(N(CCCN3CCOCC3)C(=O)COc3ccc(Cl)cc3)nc12.Cl. The van der Waals surface area contributed by atoms with Gasteiger partial charge in [-0.15, -0.1) is 12.4 Å². The second-order valence-electron chi connectivity index (χ2n) is 7.74. The third-order valence-corrected chi connectivity index (χ3v) is 6.91. The molecular formula is C24H29Cl2N3O5S. The summed E-state index contributed by atoms with van der Waals surface area (Å²) < 4.78 is 23.0. The Balaban J connectivity index is 0.00000342. The summed E-state index contributed by atoms with van der Waals surface area (Å²) in [5.74, 6) is 1.74. The number of thiazole rings is 1. The Hall–Kier alpha value is -2.30. The van der Waals surface area contributed by atoms with Gasteiger partial charge >= 0.3 is 0 Å². The van der Waals surface area contributed by atoms with Gasteiger partial charge in [0.15, 0.2) is 11.7 Å². The van der Waals surface area contributed by atoms with Crippen molar-refractivity contribution < 1.29 is 23.7 Å². The third-order valence-electron chi connectivity index (χ3n) is 5.57. The van der Waals surface area contributed by atoms with Crippen LogP contribution in [0.5, 0.6) is 17.2 Å². The van der Waals surface area contributed by atoms with Gasteiger partial charge < -0.3 is 18.9 Å². The molecule has 3 aromatic rings. The Kier molecular flexibility index (Phi) is 10.2. The van der Waals surface area contributed by atoms with Crippen molar-refractivity contribution in [1.82, 2.24) is 9.88 Å². The number of anilines is 1. The molecule has 0 spiro atoms. The number of carbonyl (C=O) groups excluding carboxylic acids is 1. The van der Waals surface area contributed by atoms with Crippen molar-refractivity contribution in [3.8, 4) is 17.2 Å². The number of methoxy groups -OCH3 is 2. The molecule has 1 saturated heterocycles. The van der Waals surface area contributed by atoms with Crippen LogP contribution in [0.1, 0.15) is 6.42 Å². The fourth-order valence-corrected chi connectivity index (χ4v) is 4.99. The van der Waals surface area contributed by atoms with Gasteiger partial charge in [0.2, 0.25) is 0 Å². The number of rotatable bonds is 10. The van der Waals surface area contributed by atoms with Crippen LogP contribution in [0.2, 0.25) is 5.02 Å². The van der Waals surface area contributed by atoms with E-state index in [1.54, 1.807) is 43.4 Å². The molecule has 0 aliphatic carbocycles. The van der Waals surface area contributed by atoms with Gasteiger partial charge in [-0.25, -0.2) is 4.98 Å². The maximum absolute atomic E-state index is 13.3. The summed E-state index contributed by atoms with van der Waals surface area (Å²) in [4.78, 5) is 22.1. The molecule has 1 amide bonds. The molecule has 1 fully saturated rings. The topological polar surface area (TPSA) is 73.4 Å². The van der Waals surface area contributed by atoms with Crippen LogP contribution in [0, 0.1) is 0 Å². The van der Waals surface area contributed by atoms with Crippen LogP contribution in [0.15, 0.2) is 36.4 Å². The highest BCUT2D eigenvalue weighted by Gasteiger charge is 2.23. The fourth-order valence-electron chi connectivity index (χ4n) is 3.75. The van der Waals surface area contributed by atoms with Crippen LogP contribution in [0.3, 0.4) is 0 Å². The van der Waals surface area contributed by atoms with Gasteiger partial charge in [-0.2, -0.15) is 0 Å². The molecule has 0 saturated carbocycles. The van der Waals surface area contributed by atoms with Gasteiger partial charge in [0, 0.05) is 31.2 Å². The number of fused-ring (bicyclic) bond motifs is 1. The second-order valence-corrected chi connectivity index (χ2v) is 9.15. The molecule has 2 heterocycles. The third kappa shape index (κ3) is 6.89. The first-order valence-corrected chi connectivity index (χ1v) is 12.3. The van der Waals surface area contributed by atoms with Crippen molar-refractivity contribution in [3.05, 3.63) is 41.4 Å². The summed E-state index contributed by atoms with van der Waals surface area (Å²) in [5, 5.41) is 1.20. The number of aromatic nitrogens is 1. The maximum atomic E-state index is 13.3. The van der Waals surface area contributed by atoms with Gasteiger partial charge in [0.05, 0.1) is 27.4 Å². The molecule has 1 aliphatic heterocycles. The molecule has 0 atom stereocenters. The largest absolute Gasteiger partial charge is 0.495 e. The molecule has 2 aromatic carbocycles. The molecule has 35 heavy (non-hydrogen) atoms. The molecule has 11 heteroatoms. The van der Waals surface area contributed by atoms with Crippen molar-refractivity contribution in [2.24, 2.45) is 0 Å². The van der Waals surface area contributed by atoms with E-state index >= 15 is 0 Å². The van der Waals surface area contributed by atoms with Crippen molar-refractivity contribution in [2.45, 2.75) is 6.42 Å². The van der Waals surface area contributed by atoms with E-state index in [-0.39, 0.29) is 24.9 Å². The number of ether oxygens (including phenoxy) is 4. The Bertz CT molecular complexity index is 1070. The number of benzene rings is 2. The average molecular weight is 542 g/mol. The van der Waals surface area contributed by atoms with Gasteiger partial charge in [0.25, 0.3) is 5.91 Å². The Morgan fingerprint density at radius 3 is 2.49 bits per heavy atom. The molecule has 1 aliphatic rings. The number of nitrogens with zero attached hydrogens (tertiary/aromatic N) is 3. The van der Waals surface area contributed by atoms with E-state index in [9.17, 15) is 4.79 Å². The minimum atomic E-state index is -0.172. The van der Waals surface area contributed by atoms with Crippen LogP contribution >= 0.6 is 35.3 Å². The Morgan fingerprint density at radius 1 is 1.11 bits per heavy atom. The standard InChI is InChI=1S/C24H28ClN3O5S.ClH/c1-30-19-8-9-20(31-2)23-22(19)26-24(34-23)28(11-3-10-27-12-14-32-15-13-27)21(29)16-33-18-6-4-17(25)5-7-18;/h4-9H,3,10-16H2,1-2H3;1H. The second kappa shape index (κ2) is 13.1. The fraction of sp³-hybridized carbons (Fsp3) is 0.417. The van der Waals surface area contributed by atoms with Gasteiger partial charge in [-0.1, -0.05) is 22.9 Å². The predicted octanol–water partition coefficient (Wildman–Crippen LogP) is 4.52. The zero-order valence-electron chi connectivity index (χ0n) is 19.7. The molecule has 8 nitrogen and oxygen atoms in total. The van der Waals surface area contributed by atoms with E-state index in [1.807, 2.05) is 12.1 Å². The van der Waals surface area contributed by atoms with Crippen LogP contribution in [-0.4, -0.2) is 76.0 Å². The first-order chi connectivity index (χ1) is 16.6. The number of morpholine rings is 1. The van der Waals surface area contributed by atoms with Crippen LogP contribution in [-0.2, 0) is 9.53 Å².